The molecule has 0 saturated heterocycles. The highest BCUT2D eigenvalue weighted by molar-refractivity contribution is 14.0. The number of para-hydroxylation sites is 1. The van der Waals surface area contributed by atoms with Crippen molar-refractivity contribution in [1.82, 2.24) is 15.6 Å². The molecule has 2 rings (SSSR count). The maximum absolute atomic E-state index is 5.67. The second kappa shape index (κ2) is 12.9. The van der Waals surface area contributed by atoms with Crippen LogP contribution in [0.4, 0.5) is 0 Å². The molecule has 1 aromatic heterocycles. The van der Waals surface area contributed by atoms with Gasteiger partial charge in [-0.25, -0.2) is 4.98 Å². The van der Waals surface area contributed by atoms with Crippen LogP contribution in [0.15, 0.2) is 41.5 Å². The third kappa shape index (κ3) is 8.53. The molecule has 0 aliphatic rings. The van der Waals surface area contributed by atoms with Gasteiger partial charge in [-0.05, 0) is 25.0 Å². The number of benzene rings is 1. The molecule has 0 amide bonds. The first-order valence-corrected chi connectivity index (χ1v) is 9.19. The highest BCUT2D eigenvalue weighted by atomic mass is 127. The van der Waals surface area contributed by atoms with Crippen molar-refractivity contribution >= 4 is 41.3 Å². The summed E-state index contributed by atoms with van der Waals surface area (Å²) in [6.45, 7) is 4.50. The van der Waals surface area contributed by atoms with E-state index in [0.717, 1.165) is 44.1 Å². The number of hydrogen-bond acceptors (Lipinski definition) is 4. The van der Waals surface area contributed by atoms with Crippen LogP contribution in [-0.4, -0.2) is 37.7 Å². The summed E-state index contributed by atoms with van der Waals surface area (Å²) in [7, 11) is 1.79. The summed E-state index contributed by atoms with van der Waals surface area (Å²) in [5.41, 5.74) is 0. The summed E-state index contributed by atoms with van der Waals surface area (Å²) in [6.07, 6.45) is 4.86. The van der Waals surface area contributed by atoms with Gasteiger partial charge < -0.3 is 15.4 Å². The molecule has 1 aromatic carbocycles. The van der Waals surface area contributed by atoms with Crippen LogP contribution in [0.5, 0.6) is 5.75 Å². The molecule has 0 fully saturated rings. The summed E-state index contributed by atoms with van der Waals surface area (Å²) >= 11 is 1.79. The number of aliphatic imine (C=N–C) groups is 1. The Bertz CT molecular complexity index is 619. The lowest BCUT2D eigenvalue weighted by Crippen LogP contribution is -2.39. The van der Waals surface area contributed by atoms with Crippen LogP contribution in [0.3, 0.4) is 0 Å². The zero-order chi connectivity index (χ0) is 17.0. The summed E-state index contributed by atoms with van der Waals surface area (Å²) < 4.78 is 5.67. The first-order chi connectivity index (χ1) is 11.8. The Kier molecular flexibility index (Phi) is 11.2. The van der Waals surface area contributed by atoms with Crippen LogP contribution < -0.4 is 15.4 Å². The SMILES string of the molecule is CCc1cnc(CCNC(=NC)NCCCOc2ccccc2)s1.I. The van der Waals surface area contributed by atoms with Gasteiger partial charge in [0.15, 0.2) is 5.96 Å². The van der Waals surface area contributed by atoms with Gasteiger partial charge in [-0.15, -0.1) is 35.3 Å². The van der Waals surface area contributed by atoms with Crippen LogP contribution in [0.1, 0.15) is 23.2 Å². The fraction of sp³-hybridized carbons (Fsp3) is 0.444. The normalized spacial score (nSPS) is 10.9. The van der Waals surface area contributed by atoms with E-state index in [-0.39, 0.29) is 24.0 Å². The van der Waals surface area contributed by atoms with E-state index in [2.05, 4.69) is 27.5 Å². The molecule has 138 valence electrons. The molecule has 0 unspecified atom stereocenters. The molecule has 5 nitrogen and oxygen atoms in total. The van der Waals surface area contributed by atoms with Gasteiger partial charge in [0.1, 0.15) is 5.75 Å². The van der Waals surface area contributed by atoms with Gasteiger partial charge in [0.2, 0.25) is 0 Å². The Morgan fingerprint density at radius 1 is 1.20 bits per heavy atom. The Balaban J connectivity index is 0.00000312. The van der Waals surface area contributed by atoms with E-state index in [1.165, 1.54) is 9.88 Å². The van der Waals surface area contributed by atoms with Gasteiger partial charge in [-0.3, -0.25) is 4.99 Å². The van der Waals surface area contributed by atoms with Crippen molar-refractivity contribution < 1.29 is 4.74 Å². The summed E-state index contributed by atoms with van der Waals surface area (Å²) in [5, 5.41) is 7.79. The van der Waals surface area contributed by atoms with Gasteiger partial charge >= 0.3 is 0 Å². The van der Waals surface area contributed by atoms with Gasteiger partial charge in [0, 0.05) is 37.6 Å². The van der Waals surface area contributed by atoms with E-state index in [0.29, 0.717) is 6.61 Å². The molecule has 0 atom stereocenters. The Hall–Kier alpha value is -1.35. The molecule has 1 heterocycles. The molecule has 25 heavy (non-hydrogen) atoms. The lowest BCUT2D eigenvalue weighted by Gasteiger charge is -2.11. The molecule has 0 saturated carbocycles. The van der Waals surface area contributed by atoms with Gasteiger partial charge in [-0.2, -0.15) is 0 Å². The van der Waals surface area contributed by atoms with Crippen molar-refractivity contribution in [1.29, 1.82) is 0 Å². The lowest BCUT2D eigenvalue weighted by molar-refractivity contribution is 0.311. The van der Waals surface area contributed by atoms with Crippen molar-refractivity contribution in [2.75, 3.05) is 26.7 Å². The van der Waals surface area contributed by atoms with Crippen LogP contribution in [0.25, 0.3) is 0 Å². The number of thiazole rings is 1. The average Bonchev–Trinajstić information content (AvgIpc) is 3.09. The maximum atomic E-state index is 5.67. The molecule has 7 heteroatoms. The monoisotopic (exact) mass is 474 g/mol. The Morgan fingerprint density at radius 2 is 1.96 bits per heavy atom. The molecule has 2 aromatic rings. The van der Waals surface area contributed by atoms with Gasteiger partial charge in [0.25, 0.3) is 0 Å². The smallest absolute Gasteiger partial charge is 0.190 e. The van der Waals surface area contributed by atoms with Crippen LogP contribution in [0.2, 0.25) is 0 Å². The van der Waals surface area contributed by atoms with E-state index in [1.807, 2.05) is 36.5 Å². The fourth-order valence-electron chi connectivity index (χ4n) is 2.12. The van der Waals surface area contributed by atoms with Crippen LogP contribution in [0, 0.1) is 0 Å². The number of rotatable bonds is 9. The zero-order valence-corrected chi connectivity index (χ0v) is 18.0. The highest BCUT2D eigenvalue weighted by Gasteiger charge is 2.02. The largest absolute Gasteiger partial charge is 0.494 e. The van der Waals surface area contributed by atoms with Crippen molar-refractivity contribution in [2.24, 2.45) is 4.99 Å². The molecule has 2 N–H and O–H groups in total. The first-order valence-electron chi connectivity index (χ1n) is 8.37. The van der Waals surface area contributed by atoms with Gasteiger partial charge in [0.05, 0.1) is 11.6 Å². The van der Waals surface area contributed by atoms with Crippen molar-refractivity contribution in [3.8, 4) is 5.75 Å². The number of nitrogens with one attached hydrogen (secondary N) is 2. The highest BCUT2D eigenvalue weighted by Crippen LogP contribution is 2.13. The fourth-order valence-corrected chi connectivity index (χ4v) is 2.98. The first kappa shape index (κ1) is 21.7. The Labute approximate surface area is 171 Å². The Morgan fingerprint density at radius 3 is 2.64 bits per heavy atom. The number of guanidine groups is 1. The number of aryl methyl sites for hydroxylation is 1. The predicted octanol–water partition coefficient (Wildman–Crippen LogP) is 3.50. The molecule has 0 aliphatic carbocycles. The lowest BCUT2D eigenvalue weighted by atomic mass is 10.3. The quantitative estimate of drug-likeness (QED) is 0.253. The maximum Gasteiger partial charge on any atom is 0.190 e. The molecule has 0 spiro atoms. The second-order valence-electron chi connectivity index (χ2n) is 5.26. The molecule has 0 radical (unpaired) electrons. The minimum Gasteiger partial charge on any atom is -0.494 e. The third-order valence-electron chi connectivity index (χ3n) is 3.43. The van der Waals surface area contributed by atoms with E-state index in [9.17, 15) is 0 Å². The average molecular weight is 474 g/mol. The van der Waals surface area contributed by atoms with E-state index < -0.39 is 0 Å². The van der Waals surface area contributed by atoms with Crippen molar-refractivity contribution in [3.63, 3.8) is 0 Å². The minimum absolute atomic E-state index is 0. The summed E-state index contributed by atoms with van der Waals surface area (Å²) in [4.78, 5) is 10.00. The van der Waals surface area contributed by atoms with E-state index in [4.69, 9.17) is 4.74 Å². The van der Waals surface area contributed by atoms with E-state index >= 15 is 0 Å². The third-order valence-corrected chi connectivity index (χ3v) is 4.63. The van der Waals surface area contributed by atoms with Crippen LogP contribution in [-0.2, 0) is 12.8 Å². The topological polar surface area (TPSA) is 58.5 Å². The molecule has 0 bridgehead atoms. The van der Waals surface area contributed by atoms with Crippen molar-refractivity contribution in [3.05, 3.63) is 46.4 Å². The minimum atomic E-state index is 0. The second-order valence-corrected chi connectivity index (χ2v) is 6.46. The van der Waals surface area contributed by atoms with Crippen molar-refractivity contribution in [2.45, 2.75) is 26.2 Å². The number of ether oxygens (including phenoxy) is 1. The number of halogens is 1. The van der Waals surface area contributed by atoms with E-state index in [1.54, 1.807) is 18.4 Å². The summed E-state index contributed by atoms with van der Waals surface area (Å²) in [6, 6.07) is 9.88. The zero-order valence-electron chi connectivity index (χ0n) is 14.8. The number of hydrogen-bond donors (Lipinski definition) is 2. The molecular formula is C18H27IN4OS. The molecule has 0 aliphatic heterocycles. The van der Waals surface area contributed by atoms with Crippen LogP contribution >= 0.6 is 35.3 Å². The van der Waals surface area contributed by atoms with Gasteiger partial charge in [-0.1, -0.05) is 25.1 Å². The number of aromatic nitrogens is 1. The number of nitrogens with zero attached hydrogens (tertiary/aromatic N) is 2. The predicted molar refractivity (Wildman–Crippen MR) is 117 cm³/mol. The standard InChI is InChI=1S/C18H26N4OS.HI/c1-3-16-14-22-17(24-16)10-12-21-18(19-2)20-11-7-13-23-15-8-5-4-6-9-15;/h4-6,8-9,14H,3,7,10-13H2,1-2H3,(H2,19,20,21);1H. The summed E-state index contributed by atoms with van der Waals surface area (Å²) in [5.74, 6) is 1.73. The molecular weight excluding hydrogens is 447 g/mol.